The molecule has 0 N–H and O–H groups in total. The zero-order valence-corrected chi connectivity index (χ0v) is 14.5. The summed E-state index contributed by atoms with van der Waals surface area (Å²) in [4.78, 5) is 14.5. The zero-order valence-electron chi connectivity index (χ0n) is 14.5. The van der Waals surface area contributed by atoms with E-state index in [9.17, 15) is 4.79 Å². The van der Waals surface area contributed by atoms with Gasteiger partial charge in [0.25, 0.3) is 5.91 Å². The Morgan fingerprint density at radius 2 is 1.92 bits per heavy atom. The predicted molar refractivity (Wildman–Crippen MR) is 96.6 cm³/mol. The van der Waals surface area contributed by atoms with Crippen molar-refractivity contribution in [2.75, 3.05) is 13.1 Å². The van der Waals surface area contributed by atoms with Gasteiger partial charge in [-0.3, -0.25) is 4.79 Å². The van der Waals surface area contributed by atoms with Crippen LogP contribution in [0.3, 0.4) is 0 Å². The van der Waals surface area contributed by atoms with Gasteiger partial charge in [0.15, 0.2) is 5.76 Å². The molecular formula is C21H21NO3. The van der Waals surface area contributed by atoms with Crippen molar-refractivity contribution in [2.45, 2.75) is 26.6 Å². The number of benzene rings is 2. The number of nitrogens with zero attached hydrogens (tertiary/aromatic N) is 1. The number of aryl methyl sites for hydroxylation is 2. The van der Waals surface area contributed by atoms with Crippen LogP contribution in [0.5, 0.6) is 0 Å². The number of ether oxygens (including phenoxy) is 1. The van der Waals surface area contributed by atoms with Gasteiger partial charge in [-0.1, -0.05) is 42.5 Å². The fourth-order valence-corrected chi connectivity index (χ4v) is 3.18. The van der Waals surface area contributed by atoms with Gasteiger partial charge in [0.1, 0.15) is 5.58 Å². The van der Waals surface area contributed by atoms with Gasteiger partial charge in [-0.05, 0) is 31.0 Å². The number of hydrogen-bond acceptors (Lipinski definition) is 3. The van der Waals surface area contributed by atoms with Crippen LogP contribution in [0.25, 0.3) is 11.0 Å². The Hall–Kier alpha value is -2.59. The first kappa shape index (κ1) is 15.9. The molecule has 0 atom stereocenters. The first-order chi connectivity index (χ1) is 12.1. The molecule has 1 amide bonds. The van der Waals surface area contributed by atoms with E-state index in [4.69, 9.17) is 9.15 Å². The van der Waals surface area contributed by atoms with E-state index in [1.807, 2.05) is 62.4 Å². The van der Waals surface area contributed by atoms with Crippen molar-refractivity contribution in [1.29, 1.82) is 0 Å². The van der Waals surface area contributed by atoms with Crippen LogP contribution < -0.4 is 0 Å². The highest BCUT2D eigenvalue weighted by Crippen LogP contribution is 2.28. The molecule has 1 aromatic heterocycles. The third kappa shape index (κ3) is 3.05. The van der Waals surface area contributed by atoms with Gasteiger partial charge >= 0.3 is 0 Å². The van der Waals surface area contributed by atoms with E-state index in [1.54, 1.807) is 4.90 Å². The van der Waals surface area contributed by atoms with Crippen molar-refractivity contribution < 1.29 is 13.9 Å². The molecule has 1 aliphatic rings. The first-order valence-electron chi connectivity index (χ1n) is 8.56. The third-order valence-electron chi connectivity index (χ3n) is 4.75. The summed E-state index contributed by atoms with van der Waals surface area (Å²) in [6.07, 6.45) is 0.0936. The first-order valence-corrected chi connectivity index (χ1v) is 8.56. The lowest BCUT2D eigenvalue weighted by atomic mass is 10.1. The van der Waals surface area contributed by atoms with E-state index in [-0.39, 0.29) is 12.0 Å². The minimum absolute atomic E-state index is 0.0501. The minimum atomic E-state index is -0.0501. The zero-order chi connectivity index (χ0) is 17.4. The van der Waals surface area contributed by atoms with Gasteiger partial charge in [-0.15, -0.1) is 0 Å². The maximum atomic E-state index is 12.7. The van der Waals surface area contributed by atoms with Crippen LogP contribution in [0.1, 0.15) is 27.2 Å². The highest BCUT2D eigenvalue weighted by atomic mass is 16.5. The number of rotatable bonds is 4. The summed E-state index contributed by atoms with van der Waals surface area (Å²) in [5.74, 6) is 0.396. The smallest absolute Gasteiger partial charge is 0.290 e. The van der Waals surface area contributed by atoms with Crippen molar-refractivity contribution in [1.82, 2.24) is 4.90 Å². The molecular weight excluding hydrogens is 314 g/mol. The standard InChI is InChI=1S/C21H21NO3/c1-14-8-9-18-15(2)20(25-19(18)10-14)21(23)22-11-17(12-22)24-13-16-6-4-3-5-7-16/h3-10,17H,11-13H2,1-2H3. The summed E-state index contributed by atoms with van der Waals surface area (Å²) in [6.45, 7) is 5.76. The van der Waals surface area contributed by atoms with Crippen molar-refractivity contribution >= 4 is 16.9 Å². The highest BCUT2D eigenvalue weighted by molar-refractivity contribution is 5.99. The Morgan fingerprint density at radius 1 is 1.16 bits per heavy atom. The van der Waals surface area contributed by atoms with Gasteiger partial charge in [0.05, 0.1) is 12.7 Å². The summed E-state index contributed by atoms with van der Waals surface area (Å²) in [5.41, 5.74) is 3.96. The van der Waals surface area contributed by atoms with Crippen molar-refractivity contribution in [3.05, 3.63) is 71.0 Å². The van der Waals surface area contributed by atoms with E-state index in [1.165, 1.54) is 0 Å². The van der Waals surface area contributed by atoms with Crippen LogP contribution in [0.4, 0.5) is 0 Å². The topological polar surface area (TPSA) is 42.7 Å². The van der Waals surface area contributed by atoms with Gasteiger partial charge in [0.2, 0.25) is 0 Å². The molecule has 0 spiro atoms. The van der Waals surface area contributed by atoms with Crippen LogP contribution in [0, 0.1) is 13.8 Å². The molecule has 128 valence electrons. The number of carbonyl (C=O) groups excluding carboxylic acids is 1. The molecule has 1 saturated heterocycles. The number of hydrogen-bond donors (Lipinski definition) is 0. The lowest BCUT2D eigenvalue weighted by Gasteiger charge is -2.38. The second kappa shape index (κ2) is 6.37. The van der Waals surface area contributed by atoms with Gasteiger partial charge in [-0.25, -0.2) is 0 Å². The molecule has 0 radical (unpaired) electrons. The minimum Gasteiger partial charge on any atom is -0.451 e. The number of furan rings is 1. The monoisotopic (exact) mass is 335 g/mol. The molecule has 0 unspecified atom stereocenters. The second-order valence-electron chi connectivity index (χ2n) is 6.68. The van der Waals surface area contributed by atoms with E-state index >= 15 is 0 Å². The summed E-state index contributed by atoms with van der Waals surface area (Å²) in [6, 6.07) is 16.1. The molecule has 25 heavy (non-hydrogen) atoms. The highest BCUT2D eigenvalue weighted by Gasteiger charge is 2.34. The van der Waals surface area contributed by atoms with Crippen molar-refractivity contribution in [3.63, 3.8) is 0 Å². The fourth-order valence-electron chi connectivity index (χ4n) is 3.18. The normalized spacial score (nSPS) is 14.7. The fraction of sp³-hybridized carbons (Fsp3) is 0.286. The molecule has 1 fully saturated rings. The summed E-state index contributed by atoms with van der Waals surface area (Å²) < 4.78 is 11.7. The van der Waals surface area contributed by atoms with Gasteiger partial charge < -0.3 is 14.1 Å². The Labute approximate surface area is 147 Å². The molecule has 2 heterocycles. The molecule has 2 aromatic carbocycles. The van der Waals surface area contributed by atoms with Crippen LogP contribution >= 0.6 is 0 Å². The third-order valence-corrected chi connectivity index (χ3v) is 4.75. The number of likely N-dealkylation sites (tertiary alicyclic amines) is 1. The average Bonchev–Trinajstić information content (AvgIpc) is 2.90. The maximum absolute atomic E-state index is 12.7. The van der Waals surface area contributed by atoms with E-state index in [2.05, 4.69) is 0 Å². The van der Waals surface area contributed by atoms with Crippen LogP contribution in [0.15, 0.2) is 52.9 Å². The Balaban J connectivity index is 1.39. The molecule has 0 bridgehead atoms. The molecule has 4 heteroatoms. The molecule has 4 nitrogen and oxygen atoms in total. The predicted octanol–water partition coefficient (Wildman–Crippen LogP) is 4.09. The molecule has 0 saturated carbocycles. The Bertz CT molecular complexity index is 908. The average molecular weight is 335 g/mol. The quantitative estimate of drug-likeness (QED) is 0.721. The lowest BCUT2D eigenvalue weighted by Crippen LogP contribution is -2.54. The van der Waals surface area contributed by atoms with E-state index in [0.29, 0.717) is 25.5 Å². The summed E-state index contributed by atoms with van der Waals surface area (Å²) in [7, 11) is 0. The van der Waals surface area contributed by atoms with Crippen LogP contribution in [-0.2, 0) is 11.3 Å². The number of fused-ring (bicyclic) bond motifs is 1. The van der Waals surface area contributed by atoms with Crippen molar-refractivity contribution in [3.8, 4) is 0 Å². The molecule has 1 aliphatic heterocycles. The summed E-state index contributed by atoms with van der Waals surface area (Å²) >= 11 is 0. The Kier molecular flexibility index (Phi) is 4.06. The van der Waals surface area contributed by atoms with Crippen LogP contribution in [-0.4, -0.2) is 30.0 Å². The van der Waals surface area contributed by atoms with Gasteiger partial charge in [-0.2, -0.15) is 0 Å². The van der Waals surface area contributed by atoms with E-state index < -0.39 is 0 Å². The molecule has 3 aromatic rings. The van der Waals surface area contributed by atoms with Gasteiger partial charge in [0, 0.05) is 24.0 Å². The number of carbonyl (C=O) groups is 1. The van der Waals surface area contributed by atoms with Crippen LogP contribution in [0.2, 0.25) is 0 Å². The number of amides is 1. The van der Waals surface area contributed by atoms with Crippen molar-refractivity contribution in [2.24, 2.45) is 0 Å². The molecule has 0 aliphatic carbocycles. The maximum Gasteiger partial charge on any atom is 0.290 e. The van der Waals surface area contributed by atoms with E-state index in [0.717, 1.165) is 27.7 Å². The Morgan fingerprint density at radius 3 is 2.68 bits per heavy atom. The SMILES string of the molecule is Cc1ccc2c(C)c(C(=O)N3CC(OCc4ccccc4)C3)oc2c1. The lowest BCUT2D eigenvalue weighted by molar-refractivity contribution is -0.0511. The summed E-state index contributed by atoms with van der Waals surface area (Å²) in [5, 5.41) is 1.01. The largest absolute Gasteiger partial charge is 0.451 e. The molecule has 4 rings (SSSR count). The second-order valence-corrected chi connectivity index (χ2v) is 6.68.